The van der Waals surface area contributed by atoms with Gasteiger partial charge in [0, 0.05) is 25.1 Å². The number of rotatable bonds is 5. The summed E-state index contributed by atoms with van der Waals surface area (Å²) >= 11 is 1.64. The average Bonchev–Trinajstić information content (AvgIpc) is 2.45. The fraction of sp³-hybridized carbons (Fsp3) is 0.538. The highest BCUT2D eigenvalue weighted by Gasteiger charge is 2.21. The molecule has 0 aromatic carbocycles. The molecule has 1 saturated heterocycles. The Labute approximate surface area is 112 Å². The Morgan fingerprint density at radius 2 is 2.44 bits per heavy atom. The zero-order chi connectivity index (χ0) is 12.6. The van der Waals surface area contributed by atoms with Crippen molar-refractivity contribution in [3.05, 3.63) is 24.4 Å². The summed E-state index contributed by atoms with van der Waals surface area (Å²) in [6, 6.07) is 5.83. The van der Waals surface area contributed by atoms with Crippen molar-refractivity contribution >= 4 is 17.7 Å². The van der Waals surface area contributed by atoms with E-state index in [4.69, 9.17) is 4.74 Å². The molecular weight excluding hydrogens is 248 g/mol. The Morgan fingerprint density at radius 3 is 3.17 bits per heavy atom. The van der Waals surface area contributed by atoms with Crippen molar-refractivity contribution in [1.29, 1.82) is 0 Å². The third-order valence-electron chi connectivity index (χ3n) is 2.76. The van der Waals surface area contributed by atoms with E-state index in [2.05, 4.69) is 10.3 Å². The first-order chi connectivity index (χ1) is 8.86. The monoisotopic (exact) mass is 266 g/mol. The van der Waals surface area contributed by atoms with Crippen molar-refractivity contribution in [2.24, 2.45) is 0 Å². The number of nitrogens with zero attached hydrogens (tertiary/aromatic N) is 1. The van der Waals surface area contributed by atoms with Crippen LogP contribution in [0.25, 0.3) is 0 Å². The normalized spacial score (nSPS) is 19.4. The minimum atomic E-state index is -0.237. The van der Waals surface area contributed by atoms with Gasteiger partial charge in [0.15, 0.2) is 0 Å². The maximum Gasteiger partial charge on any atom is 0.249 e. The Morgan fingerprint density at radius 1 is 1.50 bits per heavy atom. The van der Waals surface area contributed by atoms with E-state index in [0.717, 1.165) is 30.0 Å². The van der Waals surface area contributed by atoms with Crippen molar-refractivity contribution in [3.8, 4) is 0 Å². The number of hydrogen-bond acceptors (Lipinski definition) is 4. The number of aromatic nitrogens is 1. The van der Waals surface area contributed by atoms with E-state index in [-0.39, 0.29) is 12.0 Å². The second-order valence-corrected chi connectivity index (χ2v) is 5.28. The highest BCUT2D eigenvalue weighted by molar-refractivity contribution is 7.99. The summed E-state index contributed by atoms with van der Waals surface area (Å²) < 4.78 is 5.42. The number of carbonyl (C=O) groups excluding carboxylic acids is 1. The van der Waals surface area contributed by atoms with Gasteiger partial charge in [-0.1, -0.05) is 6.07 Å². The van der Waals surface area contributed by atoms with Crippen molar-refractivity contribution < 1.29 is 9.53 Å². The smallest absolute Gasteiger partial charge is 0.249 e. The number of amides is 1. The fourth-order valence-corrected chi connectivity index (χ4v) is 2.55. The highest BCUT2D eigenvalue weighted by atomic mass is 32.2. The molecule has 1 aromatic heterocycles. The van der Waals surface area contributed by atoms with Gasteiger partial charge >= 0.3 is 0 Å². The highest BCUT2D eigenvalue weighted by Crippen LogP contribution is 2.14. The second kappa shape index (κ2) is 7.38. The Bertz CT molecular complexity index is 367. The Hall–Kier alpha value is -1.07. The lowest BCUT2D eigenvalue weighted by molar-refractivity contribution is -0.135. The largest absolute Gasteiger partial charge is 0.368 e. The van der Waals surface area contributed by atoms with Crippen LogP contribution < -0.4 is 5.32 Å². The molecule has 1 aromatic rings. The molecule has 0 spiro atoms. The molecule has 1 aliphatic rings. The van der Waals surface area contributed by atoms with Crippen LogP contribution in [0.5, 0.6) is 0 Å². The van der Waals surface area contributed by atoms with E-state index in [1.807, 2.05) is 18.2 Å². The third-order valence-corrected chi connectivity index (χ3v) is 3.71. The van der Waals surface area contributed by atoms with Gasteiger partial charge in [-0.3, -0.25) is 4.79 Å². The Kier molecular flexibility index (Phi) is 5.48. The van der Waals surface area contributed by atoms with Crippen LogP contribution in [-0.2, 0) is 9.53 Å². The first kappa shape index (κ1) is 13.4. The molecule has 0 radical (unpaired) electrons. The predicted molar refractivity (Wildman–Crippen MR) is 71.6 cm³/mol. The molecule has 18 heavy (non-hydrogen) atoms. The molecule has 1 aliphatic heterocycles. The average molecular weight is 266 g/mol. The van der Waals surface area contributed by atoms with Crippen LogP contribution in [0, 0.1) is 0 Å². The Balaban J connectivity index is 1.61. The van der Waals surface area contributed by atoms with Gasteiger partial charge in [0.25, 0.3) is 0 Å². The standard InChI is InChI=1S/C13H18N2O2S/c16-13(11-5-2-4-9-17-11)15-8-10-18-12-6-1-3-7-14-12/h1,3,6-7,11H,2,4-5,8-10H2,(H,15,16)/t11-/m0/s1. The van der Waals surface area contributed by atoms with Crippen LogP contribution in [-0.4, -0.2) is 35.9 Å². The van der Waals surface area contributed by atoms with Gasteiger partial charge in [0.05, 0.1) is 5.03 Å². The summed E-state index contributed by atoms with van der Waals surface area (Å²) in [4.78, 5) is 16.0. The zero-order valence-corrected chi connectivity index (χ0v) is 11.1. The number of ether oxygens (including phenoxy) is 1. The fourth-order valence-electron chi connectivity index (χ4n) is 1.82. The molecule has 1 atom stereocenters. The van der Waals surface area contributed by atoms with E-state index in [1.54, 1.807) is 18.0 Å². The van der Waals surface area contributed by atoms with E-state index in [1.165, 1.54) is 0 Å². The molecule has 0 saturated carbocycles. The molecule has 1 amide bonds. The number of hydrogen-bond donors (Lipinski definition) is 1. The van der Waals surface area contributed by atoms with Gasteiger partial charge in [-0.2, -0.15) is 0 Å². The first-order valence-corrected chi connectivity index (χ1v) is 7.28. The molecule has 1 fully saturated rings. The topological polar surface area (TPSA) is 51.2 Å². The van der Waals surface area contributed by atoms with Crippen molar-refractivity contribution in [3.63, 3.8) is 0 Å². The maximum absolute atomic E-state index is 11.7. The van der Waals surface area contributed by atoms with Gasteiger partial charge in [-0.05, 0) is 31.4 Å². The summed E-state index contributed by atoms with van der Waals surface area (Å²) in [5, 5.41) is 3.90. The second-order valence-electron chi connectivity index (χ2n) is 4.16. The minimum absolute atomic E-state index is 0.0244. The van der Waals surface area contributed by atoms with Crippen LogP contribution in [0.15, 0.2) is 29.4 Å². The predicted octanol–water partition coefficient (Wildman–Crippen LogP) is 1.86. The van der Waals surface area contributed by atoms with Gasteiger partial charge in [-0.25, -0.2) is 4.98 Å². The van der Waals surface area contributed by atoms with Gasteiger partial charge in [0.1, 0.15) is 6.10 Å². The van der Waals surface area contributed by atoms with E-state index in [9.17, 15) is 4.79 Å². The lowest BCUT2D eigenvalue weighted by Gasteiger charge is -2.21. The summed E-state index contributed by atoms with van der Waals surface area (Å²) in [7, 11) is 0. The lowest BCUT2D eigenvalue weighted by atomic mass is 10.1. The molecule has 0 unspecified atom stereocenters. The van der Waals surface area contributed by atoms with Crippen LogP contribution in [0.3, 0.4) is 0 Å². The third kappa shape index (κ3) is 4.31. The quantitative estimate of drug-likeness (QED) is 0.653. The SMILES string of the molecule is O=C(NCCSc1ccccn1)[C@@H]1CCCCO1. The molecule has 2 rings (SSSR count). The van der Waals surface area contributed by atoms with Crippen LogP contribution in [0.4, 0.5) is 0 Å². The van der Waals surface area contributed by atoms with Crippen molar-refractivity contribution in [2.75, 3.05) is 18.9 Å². The molecule has 98 valence electrons. The molecular formula is C13H18N2O2S. The molecule has 2 heterocycles. The van der Waals surface area contributed by atoms with Crippen molar-refractivity contribution in [1.82, 2.24) is 10.3 Å². The summed E-state index contributed by atoms with van der Waals surface area (Å²) in [5.74, 6) is 0.853. The van der Waals surface area contributed by atoms with Gasteiger partial charge in [-0.15, -0.1) is 11.8 Å². The molecule has 1 N–H and O–H groups in total. The number of nitrogens with one attached hydrogen (secondary N) is 1. The lowest BCUT2D eigenvalue weighted by Crippen LogP contribution is -2.39. The molecule has 4 nitrogen and oxygen atoms in total. The number of pyridine rings is 1. The van der Waals surface area contributed by atoms with E-state index in [0.29, 0.717) is 13.2 Å². The summed E-state index contributed by atoms with van der Waals surface area (Å²) in [6.45, 7) is 1.36. The van der Waals surface area contributed by atoms with Crippen molar-refractivity contribution in [2.45, 2.75) is 30.4 Å². The maximum atomic E-state index is 11.7. The molecule has 0 bridgehead atoms. The number of carbonyl (C=O) groups is 1. The minimum Gasteiger partial charge on any atom is -0.368 e. The zero-order valence-electron chi connectivity index (χ0n) is 10.3. The number of thioether (sulfide) groups is 1. The van der Waals surface area contributed by atoms with Crippen LogP contribution in [0.1, 0.15) is 19.3 Å². The van der Waals surface area contributed by atoms with E-state index < -0.39 is 0 Å². The van der Waals surface area contributed by atoms with Crippen LogP contribution >= 0.6 is 11.8 Å². The van der Waals surface area contributed by atoms with E-state index >= 15 is 0 Å². The van der Waals surface area contributed by atoms with Gasteiger partial charge < -0.3 is 10.1 Å². The van der Waals surface area contributed by atoms with Crippen LogP contribution in [0.2, 0.25) is 0 Å². The molecule has 5 heteroatoms. The first-order valence-electron chi connectivity index (χ1n) is 6.29. The summed E-state index contributed by atoms with van der Waals surface area (Å²) in [6.07, 6.45) is 4.54. The van der Waals surface area contributed by atoms with Gasteiger partial charge in [0.2, 0.25) is 5.91 Å². The molecule has 0 aliphatic carbocycles. The summed E-state index contributed by atoms with van der Waals surface area (Å²) in [5.41, 5.74) is 0.